The predicted molar refractivity (Wildman–Crippen MR) is 62.0 cm³/mol. The standard InChI is InChI=1S/C12H14N2O4/c1-7-5-10(14-18-7)11(15)13-9-4-2-3-8(6-9)12(16)17/h2,4-5,8-9H,3,6H2,1H3,(H,13,15)(H,16,17)/t8-,9-/m0/s1. The molecule has 0 saturated heterocycles. The van der Waals surface area contributed by atoms with Crippen LogP contribution in [0.2, 0.25) is 0 Å². The van der Waals surface area contributed by atoms with Gasteiger partial charge in [0, 0.05) is 12.1 Å². The zero-order valence-corrected chi connectivity index (χ0v) is 9.92. The number of carboxylic acid groups (broad SMARTS) is 1. The third-order valence-electron chi connectivity index (χ3n) is 2.85. The molecule has 6 nitrogen and oxygen atoms in total. The lowest BCUT2D eigenvalue weighted by Crippen LogP contribution is -2.37. The number of aromatic nitrogens is 1. The third-order valence-corrected chi connectivity index (χ3v) is 2.85. The Morgan fingerprint density at radius 3 is 2.94 bits per heavy atom. The first-order chi connectivity index (χ1) is 8.56. The number of hydrogen-bond acceptors (Lipinski definition) is 4. The highest BCUT2D eigenvalue weighted by Crippen LogP contribution is 2.19. The van der Waals surface area contributed by atoms with Gasteiger partial charge >= 0.3 is 5.97 Å². The molecule has 1 aromatic rings. The molecular formula is C12H14N2O4. The maximum absolute atomic E-state index is 11.8. The van der Waals surface area contributed by atoms with Gasteiger partial charge in [-0.05, 0) is 19.8 Å². The first-order valence-corrected chi connectivity index (χ1v) is 5.70. The van der Waals surface area contributed by atoms with Crippen LogP contribution >= 0.6 is 0 Å². The average Bonchev–Trinajstić information content (AvgIpc) is 2.76. The smallest absolute Gasteiger partial charge is 0.306 e. The topological polar surface area (TPSA) is 92.4 Å². The van der Waals surface area contributed by atoms with Crippen molar-refractivity contribution in [2.75, 3.05) is 0 Å². The van der Waals surface area contributed by atoms with Crippen molar-refractivity contribution < 1.29 is 19.2 Å². The van der Waals surface area contributed by atoms with Crippen LogP contribution in [0.5, 0.6) is 0 Å². The molecule has 2 atom stereocenters. The molecule has 1 aliphatic carbocycles. The Labute approximate surface area is 104 Å². The number of rotatable bonds is 3. The normalized spacial score (nSPS) is 22.7. The molecule has 0 saturated carbocycles. The van der Waals surface area contributed by atoms with Gasteiger partial charge in [0.05, 0.1) is 5.92 Å². The molecule has 1 aromatic heterocycles. The lowest BCUT2D eigenvalue weighted by atomic mass is 9.91. The van der Waals surface area contributed by atoms with E-state index in [9.17, 15) is 9.59 Å². The molecule has 18 heavy (non-hydrogen) atoms. The molecule has 0 aromatic carbocycles. The first kappa shape index (κ1) is 12.3. The largest absolute Gasteiger partial charge is 0.481 e. The summed E-state index contributed by atoms with van der Waals surface area (Å²) in [7, 11) is 0. The number of carbonyl (C=O) groups is 2. The monoisotopic (exact) mass is 250 g/mol. The number of carboxylic acids is 1. The van der Waals surface area contributed by atoms with Crippen LogP contribution in [0.1, 0.15) is 29.1 Å². The van der Waals surface area contributed by atoms with Crippen molar-refractivity contribution in [3.63, 3.8) is 0 Å². The minimum Gasteiger partial charge on any atom is -0.481 e. The molecule has 0 unspecified atom stereocenters. The van der Waals surface area contributed by atoms with Gasteiger partial charge in [0.15, 0.2) is 5.69 Å². The molecule has 0 bridgehead atoms. The number of amides is 1. The van der Waals surface area contributed by atoms with Crippen LogP contribution in [0, 0.1) is 12.8 Å². The number of allylic oxidation sites excluding steroid dienone is 1. The van der Waals surface area contributed by atoms with Gasteiger partial charge in [0.25, 0.3) is 5.91 Å². The number of nitrogens with one attached hydrogen (secondary N) is 1. The highest BCUT2D eigenvalue weighted by atomic mass is 16.5. The summed E-state index contributed by atoms with van der Waals surface area (Å²) in [5.41, 5.74) is 0.207. The molecular weight excluding hydrogens is 236 g/mol. The lowest BCUT2D eigenvalue weighted by molar-refractivity contribution is -0.142. The SMILES string of the molecule is Cc1cc(C(=O)N[C@H]2C=CC[C@H](C(=O)O)C2)no1. The summed E-state index contributed by atoms with van der Waals surface area (Å²) in [6, 6.07) is 1.26. The Balaban J connectivity index is 1.97. The fraction of sp³-hybridized carbons (Fsp3) is 0.417. The summed E-state index contributed by atoms with van der Waals surface area (Å²) in [4.78, 5) is 22.7. The lowest BCUT2D eigenvalue weighted by Gasteiger charge is -2.22. The Morgan fingerprint density at radius 1 is 1.56 bits per heavy atom. The summed E-state index contributed by atoms with van der Waals surface area (Å²) in [5, 5.41) is 15.3. The fourth-order valence-corrected chi connectivity index (χ4v) is 1.91. The Hall–Kier alpha value is -2.11. The van der Waals surface area contributed by atoms with Gasteiger partial charge in [-0.3, -0.25) is 9.59 Å². The van der Waals surface area contributed by atoms with Crippen molar-refractivity contribution in [2.45, 2.75) is 25.8 Å². The van der Waals surface area contributed by atoms with Gasteiger partial charge in [-0.15, -0.1) is 0 Å². The van der Waals surface area contributed by atoms with E-state index in [2.05, 4.69) is 10.5 Å². The molecule has 0 radical (unpaired) electrons. The van der Waals surface area contributed by atoms with Crippen LogP contribution < -0.4 is 5.32 Å². The van der Waals surface area contributed by atoms with E-state index in [-0.39, 0.29) is 17.6 Å². The fourth-order valence-electron chi connectivity index (χ4n) is 1.91. The molecule has 1 heterocycles. The predicted octanol–water partition coefficient (Wildman–Crippen LogP) is 1.13. The van der Waals surface area contributed by atoms with E-state index < -0.39 is 11.9 Å². The quantitative estimate of drug-likeness (QED) is 0.784. The molecule has 6 heteroatoms. The summed E-state index contributed by atoms with van der Waals surface area (Å²) in [6.45, 7) is 1.70. The van der Waals surface area contributed by atoms with Crippen molar-refractivity contribution in [3.8, 4) is 0 Å². The Bertz CT molecular complexity index is 492. The van der Waals surface area contributed by atoms with Crippen LogP contribution in [0.4, 0.5) is 0 Å². The van der Waals surface area contributed by atoms with E-state index in [1.807, 2.05) is 6.08 Å². The van der Waals surface area contributed by atoms with E-state index in [0.29, 0.717) is 18.6 Å². The van der Waals surface area contributed by atoms with E-state index >= 15 is 0 Å². The van der Waals surface area contributed by atoms with Crippen LogP contribution in [-0.2, 0) is 4.79 Å². The van der Waals surface area contributed by atoms with Gasteiger partial charge in [0.2, 0.25) is 0 Å². The summed E-state index contributed by atoms with van der Waals surface area (Å²) in [5.74, 6) is -1.08. The van der Waals surface area contributed by atoms with Crippen molar-refractivity contribution in [2.24, 2.45) is 5.92 Å². The minimum atomic E-state index is -0.837. The molecule has 2 N–H and O–H groups in total. The van der Waals surface area contributed by atoms with Crippen molar-refractivity contribution in [3.05, 3.63) is 29.7 Å². The number of carbonyl (C=O) groups excluding carboxylic acids is 1. The number of hydrogen-bond donors (Lipinski definition) is 2. The first-order valence-electron chi connectivity index (χ1n) is 5.70. The molecule has 2 rings (SSSR count). The molecule has 1 aliphatic rings. The van der Waals surface area contributed by atoms with Gasteiger partial charge in [-0.1, -0.05) is 17.3 Å². The third kappa shape index (κ3) is 2.77. The Morgan fingerprint density at radius 2 is 2.33 bits per heavy atom. The maximum Gasteiger partial charge on any atom is 0.306 e. The molecule has 0 spiro atoms. The second kappa shape index (κ2) is 5.03. The van der Waals surface area contributed by atoms with Crippen LogP contribution in [0.15, 0.2) is 22.7 Å². The van der Waals surface area contributed by atoms with E-state index in [1.165, 1.54) is 6.07 Å². The highest BCUT2D eigenvalue weighted by Gasteiger charge is 2.25. The van der Waals surface area contributed by atoms with Crippen LogP contribution in [0.3, 0.4) is 0 Å². The van der Waals surface area contributed by atoms with E-state index in [1.54, 1.807) is 13.0 Å². The van der Waals surface area contributed by atoms with Crippen molar-refractivity contribution in [1.29, 1.82) is 0 Å². The second-order valence-corrected chi connectivity index (χ2v) is 4.34. The van der Waals surface area contributed by atoms with Crippen LogP contribution in [-0.4, -0.2) is 28.2 Å². The summed E-state index contributed by atoms with van der Waals surface area (Å²) in [6.07, 6.45) is 4.49. The molecule has 1 amide bonds. The minimum absolute atomic E-state index is 0.207. The van der Waals surface area contributed by atoms with Gasteiger partial charge in [-0.25, -0.2) is 0 Å². The highest BCUT2D eigenvalue weighted by molar-refractivity contribution is 5.92. The molecule has 96 valence electrons. The summed E-state index contributed by atoms with van der Waals surface area (Å²) < 4.78 is 4.81. The second-order valence-electron chi connectivity index (χ2n) is 4.34. The maximum atomic E-state index is 11.8. The van der Waals surface area contributed by atoms with Crippen molar-refractivity contribution >= 4 is 11.9 Å². The summed E-state index contributed by atoms with van der Waals surface area (Å²) >= 11 is 0. The Kier molecular flexibility index (Phi) is 3.45. The molecule has 0 fully saturated rings. The average molecular weight is 250 g/mol. The van der Waals surface area contributed by atoms with Gasteiger partial charge in [-0.2, -0.15) is 0 Å². The van der Waals surface area contributed by atoms with E-state index in [0.717, 1.165) is 0 Å². The zero-order chi connectivity index (χ0) is 13.1. The van der Waals surface area contributed by atoms with E-state index in [4.69, 9.17) is 9.63 Å². The number of aliphatic carboxylic acids is 1. The van der Waals surface area contributed by atoms with Crippen molar-refractivity contribution in [1.82, 2.24) is 10.5 Å². The molecule has 0 aliphatic heterocycles. The number of aryl methyl sites for hydroxylation is 1. The van der Waals surface area contributed by atoms with Gasteiger partial charge in [0.1, 0.15) is 5.76 Å². The van der Waals surface area contributed by atoms with Gasteiger partial charge < -0.3 is 14.9 Å². The zero-order valence-electron chi connectivity index (χ0n) is 9.92. The van der Waals surface area contributed by atoms with Crippen LogP contribution in [0.25, 0.3) is 0 Å². The number of nitrogens with zero attached hydrogens (tertiary/aromatic N) is 1.